The molecule has 1 atom stereocenters. The van der Waals surface area contributed by atoms with Gasteiger partial charge >= 0.3 is 0 Å². The number of nitrogens with two attached hydrogens (primary N) is 1. The van der Waals surface area contributed by atoms with Crippen molar-refractivity contribution in [2.24, 2.45) is 11.7 Å². The van der Waals surface area contributed by atoms with E-state index in [1.54, 1.807) is 26.0 Å². The molecule has 0 saturated carbocycles. The Labute approximate surface area is 178 Å². The minimum absolute atomic E-state index is 0.106. The van der Waals surface area contributed by atoms with Gasteiger partial charge in [0, 0.05) is 19.2 Å². The molecule has 8 nitrogen and oxygen atoms in total. The van der Waals surface area contributed by atoms with Crippen molar-refractivity contribution >= 4 is 34.4 Å². The van der Waals surface area contributed by atoms with Crippen LogP contribution in [0.2, 0.25) is 0 Å². The molecular weight excluding hydrogens is 399 g/mol. The summed E-state index contributed by atoms with van der Waals surface area (Å²) < 4.78 is 14.1. The number of nitrogens with zero attached hydrogens (tertiary/aromatic N) is 4. The Bertz CT molecular complexity index is 1160. The smallest absolute Gasteiger partial charge is 0.258 e. The first-order chi connectivity index (χ1) is 14.8. The molecule has 0 spiro atoms. The number of primary amides is 1. The lowest BCUT2D eigenvalue weighted by Crippen LogP contribution is -2.41. The molecule has 4 rings (SSSR count). The lowest BCUT2D eigenvalue weighted by atomic mass is 9.97. The first kappa shape index (κ1) is 20.6. The van der Waals surface area contributed by atoms with Gasteiger partial charge in [-0.25, -0.2) is 19.3 Å². The second-order valence-electron chi connectivity index (χ2n) is 7.76. The maximum absolute atomic E-state index is 14.1. The third kappa shape index (κ3) is 4.30. The quantitative estimate of drug-likeness (QED) is 0.668. The second-order valence-corrected chi connectivity index (χ2v) is 7.76. The number of anilines is 2. The number of pyridine rings is 1. The molecule has 2 aromatic heterocycles. The van der Waals surface area contributed by atoms with E-state index in [9.17, 15) is 14.0 Å². The van der Waals surface area contributed by atoms with Crippen LogP contribution in [0.25, 0.3) is 11.0 Å². The van der Waals surface area contributed by atoms with Crippen LogP contribution in [0.15, 0.2) is 30.5 Å². The molecule has 1 aromatic carbocycles. The van der Waals surface area contributed by atoms with Crippen molar-refractivity contribution in [2.75, 3.05) is 23.3 Å². The van der Waals surface area contributed by atoms with Crippen LogP contribution in [0.5, 0.6) is 0 Å². The summed E-state index contributed by atoms with van der Waals surface area (Å²) in [4.78, 5) is 39.5. The summed E-state index contributed by atoms with van der Waals surface area (Å²) in [5.41, 5.74) is 8.04. The number of amides is 2. The van der Waals surface area contributed by atoms with Gasteiger partial charge in [-0.2, -0.15) is 0 Å². The van der Waals surface area contributed by atoms with Crippen molar-refractivity contribution in [2.45, 2.75) is 26.7 Å². The number of benzene rings is 1. The Morgan fingerprint density at radius 3 is 2.68 bits per heavy atom. The van der Waals surface area contributed by atoms with E-state index in [2.05, 4.69) is 20.3 Å². The van der Waals surface area contributed by atoms with Gasteiger partial charge in [-0.1, -0.05) is 0 Å². The maximum atomic E-state index is 14.1. The van der Waals surface area contributed by atoms with E-state index in [1.165, 1.54) is 12.3 Å². The monoisotopic (exact) mass is 422 g/mol. The highest BCUT2D eigenvalue weighted by molar-refractivity contribution is 6.11. The molecule has 2 amide bonds. The number of aryl methyl sites for hydroxylation is 2. The third-order valence-corrected chi connectivity index (χ3v) is 5.54. The molecule has 0 bridgehead atoms. The predicted octanol–water partition coefficient (Wildman–Crippen LogP) is 2.73. The standard InChI is InChI=1S/C22H23FN6O2/c1-12-13(2)27-20-17(8-15(23)9-18(20)26-12)22(31)28-16-5-6-19(25-10-16)29-7-3-4-14(11-29)21(24)30/h5-6,8-10,14H,3-4,7,11H2,1-2H3,(H2,24,30)(H,28,31). The fraction of sp³-hybridized carbons (Fsp3) is 0.318. The van der Waals surface area contributed by atoms with Crippen molar-refractivity contribution in [1.82, 2.24) is 15.0 Å². The van der Waals surface area contributed by atoms with E-state index in [-0.39, 0.29) is 17.4 Å². The van der Waals surface area contributed by atoms with Gasteiger partial charge in [-0.05, 0) is 44.9 Å². The Hall–Kier alpha value is -3.62. The van der Waals surface area contributed by atoms with Crippen LogP contribution in [0.3, 0.4) is 0 Å². The average Bonchev–Trinajstić information content (AvgIpc) is 2.75. The first-order valence-electron chi connectivity index (χ1n) is 10.1. The minimum atomic E-state index is -0.558. The number of aromatic nitrogens is 3. The molecule has 1 unspecified atom stereocenters. The van der Waals surface area contributed by atoms with Crippen LogP contribution in [-0.4, -0.2) is 39.9 Å². The van der Waals surface area contributed by atoms with E-state index in [0.29, 0.717) is 40.5 Å². The Morgan fingerprint density at radius 2 is 1.97 bits per heavy atom. The van der Waals surface area contributed by atoms with Crippen molar-refractivity contribution in [3.05, 3.63) is 53.2 Å². The van der Waals surface area contributed by atoms with E-state index >= 15 is 0 Å². The Morgan fingerprint density at radius 1 is 1.19 bits per heavy atom. The highest BCUT2D eigenvalue weighted by Crippen LogP contribution is 2.24. The maximum Gasteiger partial charge on any atom is 0.258 e. The summed E-state index contributed by atoms with van der Waals surface area (Å²) in [5.74, 6) is -0.841. The zero-order valence-electron chi connectivity index (χ0n) is 17.4. The lowest BCUT2D eigenvalue weighted by molar-refractivity contribution is -0.122. The number of hydrogen-bond donors (Lipinski definition) is 2. The first-order valence-corrected chi connectivity index (χ1v) is 10.1. The molecular formula is C22H23FN6O2. The van der Waals surface area contributed by atoms with E-state index in [4.69, 9.17) is 5.73 Å². The second kappa shape index (κ2) is 8.25. The highest BCUT2D eigenvalue weighted by Gasteiger charge is 2.24. The number of rotatable bonds is 4. The summed E-state index contributed by atoms with van der Waals surface area (Å²) in [6, 6.07) is 5.91. The summed E-state index contributed by atoms with van der Waals surface area (Å²) in [7, 11) is 0. The summed E-state index contributed by atoms with van der Waals surface area (Å²) in [5, 5.41) is 2.74. The van der Waals surface area contributed by atoms with Gasteiger partial charge in [0.1, 0.15) is 17.2 Å². The zero-order valence-corrected chi connectivity index (χ0v) is 17.4. The third-order valence-electron chi connectivity index (χ3n) is 5.54. The van der Waals surface area contributed by atoms with Gasteiger partial charge in [-0.15, -0.1) is 0 Å². The molecule has 0 aliphatic carbocycles. The molecule has 1 aliphatic heterocycles. The number of fused-ring (bicyclic) bond motifs is 1. The van der Waals surface area contributed by atoms with Gasteiger partial charge < -0.3 is 16.0 Å². The highest BCUT2D eigenvalue weighted by atomic mass is 19.1. The van der Waals surface area contributed by atoms with Crippen LogP contribution in [-0.2, 0) is 4.79 Å². The van der Waals surface area contributed by atoms with Gasteiger partial charge in [0.15, 0.2) is 0 Å². The fourth-order valence-corrected chi connectivity index (χ4v) is 3.73. The number of piperidine rings is 1. The number of halogens is 1. The van der Waals surface area contributed by atoms with Crippen LogP contribution < -0.4 is 16.0 Å². The minimum Gasteiger partial charge on any atom is -0.369 e. The van der Waals surface area contributed by atoms with Crippen molar-refractivity contribution in [3.8, 4) is 0 Å². The van der Waals surface area contributed by atoms with Crippen LogP contribution in [0, 0.1) is 25.6 Å². The van der Waals surface area contributed by atoms with E-state index in [1.807, 2.05) is 4.90 Å². The van der Waals surface area contributed by atoms with Gasteiger partial charge in [0.25, 0.3) is 5.91 Å². The predicted molar refractivity (Wildman–Crippen MR) is 115 cm³/mol. The molecule has 1 saturated heterocycles. The van der Waals surface area contributed by atoms with Crippen LogP contribution in [0.4, 0.5) is 15.9 Å². The number of carbonyl (C=O) groups excluding carboxylic acids is 2. The van der Waals surface area contributed by atoms with Crippen LogP contribution in [0.1, 0.15) is 34.6 Å². The lowest BCUT2D eigenvalue weighted by Gasteiger charge is -2.32. The Balaban J connectivity index is 1.54. The molecule has 9 heteroatoms. The molecule has 0 radical (unpaired) electrons. The van der Waals surface area contributed by atoms with Crippen molar-refractivity contribution in [3.63, 3.8) is 0 Å². The molecule has 1 fully saturated rings. The number of hydrogen-bond acceptors (Lipinski definition) is 6. The summed E-state index contributed by atoms with van der Waals surface area (Å²) in [6.07, 6.45) is 3.17. The number of carbonyl (C=O) groups is 2. The SMILES string of the molecule is Cc1nc2cc(F)cc(C(=O)Nc3ccc(N4CCCC(C(N)=O)C4)nc3)c2nc1C. The Kier molecular flexibility index (Phi) is 5.50. The van der Waals surface area contributed by atoms with E-state index < -0.39 is 11.7 Å². The zero-order chi connectivity index (χ0) is 22.1. The number of nitrogens with one attached hydrogen (secondary N) is 1. The molecule has 160 valence electrons. The molecule has 1 aliphatic rings. The van der Waals surface area contributed by atoms with Crippen molar-refractivity contribution in [1.29, 1.82) is 0 Å². The largest absolute Gasteiger partial charge is 0.369 e. The average molecular weight is 422 g/mol. The van der Waals surface area contributed by atoms with E-state index in [0.717, 1.165) is 25.5 Å². The molecule has 3 N–H and O–H groups in total. The topological polar surface area (TPSA) is 114 Å². The van der Waals surface area contributed by atoms with Crippen molar-refractivity contribution < 1.29 is 14.0 Å². The fourth-order valence-electron chi connectivity index (χ4n) is 3.73. The summed E-state index contributed by atoms with van der Waals surface area (Å²) in [6.45, 7) is 4.89. The normalized spacial score (nSPS) is 16.4. The van der Waals surface area contributed by atoms with Gasteiger partial charge in [-0.3, -0.25) is 9.59 Å². The molecule has 3 heterocycles. The van der Waals surface area contributed by atoms with Gasteiger partial charge in [0.05, 0.1) is 40.3 Å². The van der Waals surface area contributed by atoms with Crippen LogP contribution >= 0.6 is 0 Å². The molecule has 31 heavy (non-hydrogen) atoms. The molecule has 3 aromatic rings. The van der Waals surface area contributed by atoms with Gasteiger partial charge in [0.2, 0.25) is 5.91 Å². The summed E-state index contributed by atoms with van der Waals surface area (Å²) >= 11 is 0.